The minimum atomic E-state index is -0.488. The second kappa shape index (κ2) is 5.36. The van der Waals surface area contributed by atoms with Gasteiger partial charge in [-0.2, -0.15) is 0 Å². The average molecular weight is 263 g/mol. The van der Waals surface area contributed by atoms with Gasteiger partial charge in [0.15, 0.2) is 0 Å². The van der Waals surface area contributed by atoms with Gasteiger partial charge in [-0.3, -0.25) is 14.9 Å². The van der Waals surface area contributed by atoms with Crippen LogP contribution in [0.5, 0.6) is 0 Å². The SMILES string of the molecule is Cc1ccc([N+](=O)[O-])cc1C(=O)N1CCC[C@@H](N)C1. The fourth-order valence-corrected chi connectivity index (χ4v) is 2.32. The summed E-state index contributed by atoms with van der Waals surface area (Å²) in [6.07, 6.45) is 1.79. The van der Waals surface area contributed by atoms with Gasteiger partial charge in [-0.1, -0.05) is 6.07 Å². The standard InChI is InChI=1S/C13H17N3O3/c1-9-4-5-11(16(18)19)7-12(9)13(17)15-6-2-3-10(14)8-15/h4-5,7,10H,2-3,6,8,14H2,1H3/t10-/m1/s1. The lowest BCUT2D eigenvalue weighted by molar-refractivity contribution is -0.384. The third-order valence-electron chi connectivity index (χ3n) is 3.41. The Morgan fingerprint density at radius 2 is 2.26 bits per heavy atom. The summed E-state index contributed by atoms with van der Waals surface area (Å²) in [5.74, 6) is -0.170. The normalized spacial score (nSPS) is 19.3. The van der Waals surface area contributed by atoms with E-state index in [0.29, 0.717) is 18.7 Å². The Labute approximate surface area is 111 Å². The minimum Gasteiger partial charge on any atom is -0.337 e. The van der Waals surface area contributed by atoms with E-state index >= 15 is 0 Å². The Bertz CT molecular complexity index is 516. The molecule has 6 nitrogen and oxygen atoms in total. The van der Waals surface area contributed by atoms with Gasteiger partial charge in [-0.15, -0.1) is 0 Å². The van der Waals surface area contributed by atoms with Crippen LogP contribution in [0, 0.1) is 17.0 Å². The number of carbonyl (C=O) groups excluding carboxylic acids is 1. The van der Waals surface area contributed by atoms with Gasteiger partial charge in [0.2, 0.25) is 0 Å². The van der Waals surface area contributed by atoms with E-state index in [9.17, 15) is 14.9 Å². The molecule has 1 saturated heterocycles. The number of likely N-dealkylation sites (tertiary alicyclic amines) is 1. The van der Waals surface area contributed by atoms with Crippen LogP contribution in [0.2, 0.25) is 0 Å². The number of amides is 1. The fourth-order valence-electron chi connectivity index (χ4n) is 2.32. The first-order chi connectivity index (χ1) is 8.99. The van der Waals surface area contributed by atoms with E-state index in [1.807, 2.05) is 0 Å². The highest BCUT2D eigenvalue weighted by molar-refractivity contribution is 5.96. The molecule has 1 aliphatic heterocycles. The molecule has 2 rings (SSSR count). The van der Waals surface area contributed by atoms with E-state index in [2.05, 4.69) is 0 Å². The summed E-state index contributed by atoms with van der Waals surface area (Å²) in [6, 6.07) is 4.36. The molecular formula is C13H17N3O3. The number of hydrogen-bond donors (Lipinski definition) is 1. The molecule has 1 aliphatic rings. The van der Waals surface area contributed by atoms with Crippen molar-refractivity contribution < 1.29 is 9.72 Å². The number of benzene rings is 1. The van der Waals surface area contributed by atoms with Gasteiger partial charge in [0.05, 0.1) is 4.92 Å². The Morgan fingerprint density at radius 3 is 2.89 bits per heavy atom. The second-order valence-corrected chi connectivity index (χ2v) is 4.91. The number of hydrogen-bond acceptors (Lipinski definition) is 4. The van der Waals surface area contributed by atoms with Crippen LogP contribution in [-0.4, -0.2) is 34.9 Å². The zero-order chi connectivity index (χ0) is 14.0. The number of non-ortho nitro benzene ring substituents is 1. The summed E-state index contributed by atoms with van der Waals surface area (Å²) in [6.45, 7) is 2.95. The van der Waals surface area contributed by atoms with Gasteiger partial charge in [0.1, 0.15) is 0 Å². The van der Waals surface area contributed by atoms with Crippen molar-refractivity contribution in [2.75, 3.05) is 13.1 Å². The van der Waals surface area contributed by atoms with Crippen LogP contribution >= 0.6 is 0 Å². The number of aryl methyl sites for hydroxylation is 1. The van der Waals surface area contributed by atoms with Crippen molar-refractivity contribution in [3.05, 3.63) is 39.4 Å². The van der Waals surface area contributed by atoms with Gasteiger partial charge >= 0.3 is 0 Å². The largest absolute Gasteiger partial charge is 0.337 e. The third-order valence-corrected chi connectivity index (χ3v) is 3.41. The number of piperidine rings is 1. The lowest BCUT2D eigenvalue weighted by Crippen LogP contribution is -2.45. The number of carbonyl (C=O) groups is 1. The lowest BCUT2D eigenvalue weighted by atomic mass is 10.0. The predicted octanol–water partition coefficient (Wildman–Crippen LogP) is 1.47. The van der Waals surface area contributed by atoms with Crippen LogP contribution in [0.1, 0.15) is 28.8 Å². The van der Waals surface area contributed by atoms with Crippen molar-refractivity contribution in [2.45, 2.75) is 25.8 Å². The molecule has 0 unspecified atom stereocenters. The summed E-state index contributed by atoms with van der Waals surface area (Å²) in [5, 5.41) is 10.8. The monoisotopic (exact) mass is 263 g/mol. The van der Waals surface area contributed by atoms with Gasteiger partial charge in [-0.25, -0.2) is 0 Å². The molecule has 0 radical (unpaired) electrons. The number of nitrogens with two attached hydrogens (primary N) is 1. The van der Waals surface area contributed by atoms with E-state index in [1.54, 1.807) is 17.9 Å². The predicted molar refractivity (Wildman–Crippen MR) is 70.9 cm³/mol. The molecule has 2 N–H and O–H groups in total. The number of nitro groups is 1. The molecule has 0 aromatic heterocycles. The van der Waals surface area contributed by atoms with Gasteiger partial charge in [0.25, 0.3) is 11.6 Å². The van der Waals surface area contributed by atoms with Crippen molar-refractivity contribution in [1.82, 2.24) is 4.90 Å². The van der Waals surface area contributed by atoms with E-state index in [1.165, 1.54) is 12.1 Å². The molecule has 0 saturated carbocycles. The second-order valence-electron chi connectivity index (χ2n) is 4.91. The van der Waals surface area contributed by atoms with Crippen LogP contribution in [-0.2, 0) is 0 Å². The summed E-state index contributed by atoms with van der Waals surface area (Å²) in [7, 11) is 0. The summed E-state index contributed by atoms with van der Waals surface area (Å²) in [5.41, 5.74) is 6.93. The lowest BCUT2D eigenvalue weighted by Gasteiger charge is -2.31. The Balaban J connectivity index is 2.27. The van der Waals surface area contributed by atoms with Crippen LogP contribution in [0.15, 0.2) is 18.2 Å². The molecule has 1 aromatic carbocycles. The van der Waals surface area contributed by atoms with Crippen molar-refractivity contribution >= 4 is 11.6 Å². The van der Waals surface area contributed by atoms with Gasteiger partial charge in [0, 0.05) is 36.8 Å². The molecule has 6 heteroatoms. The molecule has 1 aromatic rings. The molecule has 1 heterocycles. The molecule has 1 atom stereocenters. The van der Waals surface area contributed by atoms with E-state index in [4.69, 9.17) is 5.73 Å². The van der Waals surface area contributed by atoms with E-state index in [-0.39, 0.29) is 17.6 Å². The zero-order valence-electron chi connectivity index (χ0n) is 10.8. The Morgan fingerprint density at radius 1 is 1.53 bits per heavy atom. The number of nitrogens with zero attached hydrogens (tertiary/aromatic N) is 2. The maximum Gasteiger partial charge on any atom is 0.270 e. The van der Waals surface area contributed by atoms with Gasteiger partial charge < -0.3 is 10.6 Å². The number of rotatable bonds is 2. The van der Waals surface area contributed by atoms with Crippen LogP contribution in [0.4, 0.5) is 5.69 Å². The molecule has 19 heavy (non-hydrogen) atoms. The van der Waals surface area contributed by atoms with Crippen LogP contribution in [0.3, 0.4) is 0 Å². The maximum atomic E-state index is 12.4. The highest BCUT2D eigenvalue weighted by Gasteiger charge is 2.24. The minimum absolute atomic E-state index is 0.00305. The first-order valence-electron chi connectivity index (χ1n) is 6.29. The summed E-state index contributed by atoms with van der Waals surface area (Å²) < 4.78 is 0. The Kier molecular flexibility index (Phi) is 3.80. The molecule has 0 aliphatic carbocycles. The number of nitro benzene ring substituents is 1. The Hall–Kier alpha value is -1.95. The first kappa shape index (κ1) is 13.5. The van der Waals surface area contributed by atoms with Crippen LogP contribution in [0.25, 0.3) is 0 Å². The zero-order valence-corrected chi connectivity index (χ0v) is 10.8. The van der Waals surface area contributed by atoms with E-state index < -0.39 is 4.92 Å². The van der Waals surface area contributed by atoms with Crippen molar-refractivity contribution in [3.63, 3.8) is 0 Å². The third kappa shape index (κ3) is 2.90. The maximum absolute atomic E-state index is 12.4. The summed E-state index contributed by atoms with van der Waals surface area (Å²) >= 11 is 0. The van der Waals surface area contributed by atoms with Crippen molar-refractivity contribution in [2.24, 2.45) is 5.73 Å². The van der Waals surface area contributed by atoms with Gasteiger partial charge in [-0.05, 0) is 25.3 Å². The van der Waals surface area contributed by atoms with E-state index in [0.717, 1.165) is 18.4 Å². The summed E-state index contributed by atoms with van der Waals surface area (Å²) in [4.78, 5) is 24.4. The van der Waals surface area contributed by atoms with Crippen molar-refractivity contribution in [1.29, 1.82) is 0 Å². The molecule has 102 valence electrons. The first-order valence-corrected chi connectivity index (χ1v) is 6.29. The van der Waals surface area contributed by atoms with Crippen molar-refractivity contribution in [3.8, 4) is 0 Å². The molecule has 1 amide bonds. The highest BCUT2D eigenvalue weighted by Crippen LogP contribution is 2.20. The van der Waals surface area contributed by atoms with Crippen LogP contribution < -0.4 is 5.73 Å². The molecule has 1 fully saturated rings. The molecule has 0 spiro atoms. The quantitative estimate of drug-likeness (QED) is 0.646. The average Bonchev–Trinajstić information content (AvgIpc) is 2.38. The fraction of sp³-hybridized carbons (Fsp3) is 0.462. The molecule has 0 bridgehead atoms. The highest BCUT2D eigenvalue weighted by atomic mass is 16.6. The smallest absolute Gasteiger partial charge is 0.270 e. The topological polar surface area (TPSA) is 89.5 Å². The molecular weight excluding hydrogens is 246 g/mol.